The standard InChI is InChI=1S/C11H15NO2/c1-8-10(3-2-4-11(8)14)12-6-5-9(13)7-12/h2-4,9,13-14H,5-7H2,1H3. The predicted octanol–water partition coefficient (Wildman–Crippen LogP) is 1.27. The van der Waals surface area contributed by atoms with Crippen molar-refractivity contribution in [3.8, 4) is 5.75 Å². The zero-order valence-electron chi connectivity index (χ0n) is 8.27. The van der Waals surface area contributed by atoms with Gasteiger partial charge in [0.25, 0.3) is 0 Å². The highest BCUT2D eigenvalue weighted by Crippen LogP contribution is 2.29. The van der Waals surface area contributed by atoms with Gasteiger partial charge >= 0.3 is 0 Å². The number of phenols is 1. The summed E-state index contributed by atoms with van der Waals surface area (Å²) in [4.78, 5) is 2.11. The number of benzene rings is 1. The summed E-state index contributed by atoms with van der Waals surface area (Å²) >= 11 is 0. The average Bonchev–Trinajstić information content (AvgIpc) is 2.57. The van der Waals surface area contributed by atoms with E-state index in [1.807, 2.05) is 19.1 Å². The monoisotopic (exact) mass is 193 g/mol. The molecule has 1 heterocycles. The van der Waals surface area contributed by atoms with E-state index in [0.29, 0.717) is 12.3 Å². The van der Waals surface area contributed by atoms with Crippen LogP contribution in [0.1, 0.15) is 12.0 Å². The van der Waals surface area contributed by atoms with Crippen LogP contribution in [0.25, 0.3) is 0 Å². The fraction of sp³-hybridized carbons (Fsp3) is 0.455. The molecule has 1 fully saturated rings. The van der Waals surface area contributed by atoms with Crippen LogP contribution in [0.2, 0.25) is 0 Å². The van der Waals surface area contributed by atoms with Crippen LogP contribution in [0.3, 0.4) is 0 Å². The molecule has 1 aliphatic rings. The summed E-state index contributed by atoms with van der Waals surface area (Å²) in [7, 11) is 0. The van der Waals surface area contributed by atoms with Gasteiger partial charge in [-0.15, -0.1) is 0 Å². The van der Waals surface area contributed by atoms with Crippen molar-refractivity contribution in [2.75, 3.05) is 18.0 Å². The summed E-state index contributed by atoms with van der Waals surface area (Å²) < 4.78 is 0. The number of phenolic OH excluding ortho intramolecular Hbond substituents is 1. The van der Waals surface area contributed by atoms with E-state index < -0.39 is 0 Å². The first kappa shape index (κ1) is 9.34. The minimum Gasteiger partial charge on any atom is -0.508 e. The Morgan fingerprint density at radius 1 is 1.43 bits per heavy atom. The average molecular weight is 193 g/mol. The molecule has 0 saturated carbocycles. The van der Waals surface area contributed by atoms with E-state index >= 15 is 0 Å². The number of aliphatic hydroxyl groups is 1. The maximum absolute atomic E-state index is 9.54. The summed E-state index contributed by atoms with van der Waals surface area (Å²) in [6.07, 6.45) is 0.589. The number of anilines is 1. The second-order valence-electron chi connectivity index (χ2n) is 3.81. The van der Waals surface area contributed by atoms with Gasteiger partial charge in [0.2, 0.25) is 0 Å². The number of hydrogen-bond donors (Lipinski definition) is 2. The van der Waals surface area contributed by atoms with Crippen molar-refractivity contribution < 1.29 is 10.2 Å². The molecule has 1 saturated heterocycles. The molecule has 3 nitrogen and oxygen atoms in total. The van der Waals surface area contributed by atoms with Crippen LogP contribution in [-0.2, 0) is 0 Å². The molecule has 76 valence electrons. The zero-order chi connectivity index (χ0) is 10.1. The van der Waals surface area contributed by atoms with Crippen molar-refractivity contribution in [2.24, 2.45) is 0 Å². The van der Waals surface area contributed by atoms with E-state index in [9.17, 15) is 10.2 Å². The van der Waals surface area contributed by atoms with Gasteiger partial charge in [0, 0.05) is 24.3 Å². The number of nitrogens with zero attached hydrogens (tertiary/aromatic N) is 1. The molecule has 1 aliphatic heterocycles. The lowest BCUT2D eigenvalue weighted by molar-refractivity contribution is 0.198. The third kappa shape index (κ3) is 1.55. The first-order valence-corrected chi connectivity index (χ1v) is 4.90. The molecule has 0 amide bonds. The fourth-order valence-electron chi connectivity index (χ4n) is 1.91. The van der Waals surface area contributed by atoms with Crippen LogP contribution in [0.4, 0.5) is 5.69 Å². The highest BCUT2D eigenvalue weighted by Gasteiger charge is 2.21. The highest BCUT2D eigenvalue weighted by atomic mass is 16.3. The van der Waals surface area contributed by atoms with E-state index in [2.05, 4.69) is 4.90 Å². The number of aromatic hydroxyl groups is 1. The van der Waals surface area contributed by atoms with Crippen LogP contribution in [0, 0.1) is 6.92 Å². The minimum atomic E-state index is -0.225. The molecule has 0 radical (unpaired) electrons. The first-order valence-electron chi connectivity index (χ1n) is 4.90. The van der Waals surface area contributed by atoms with E-state index in [1.54, 1.807) is 6.07 Å². The smallest absolute Gasteiger partial charge is 0.120 e. The van der Waals surface area contributed by atoms with E-state index in [0.717, 1.165) is 24.2 Å². The number of aliphatic hydroxyl groups excluding tert-OH is 1. The third-order valence-electron chi connectivity index (χ3n) is 2.78. The first-order chi connectivity index (χ1) is 6.68. The van der Waals surface area contributed by atoms with Gasteiger partial charge in [-0.1, -0.05) is 6.07 Å². The minimum absolute atomic E-state index is 0.225. The molecule has 0 spiro atoms. The molecule has 2 rings (SSSR count). The van der Waals surface area contributed by atoms with E-state index in [4.69, 9.17) is 0 Å². The van der Waals surface area contributed by atoms with Crippen molar-refractivity contribution in [1.29, 1.82) is 0 Å². The lowest BCUT2D eigenvalue weighted by Crippen LogP contribution is -2.21. The van der Waals surface area contributed by atoms with E-state index in [-0.39, 0.29) is 6.10 Å². The number of β-amino-alcohol motifs (C(OH)–C–C–N with tert-alkyl or cyclic N) is 1. The topological polar surface area (TPSA) is 43.7 Å². The Labute approximate surface area is 83.6 Å². The normalized spacial score (nSPS) is 21.6. The Balaban J connectivity index is 2.28. The Morgan fingerprint density at radius 3 is 2.86 bits per heavy atom. The van der Waals surface area contributed by atoms with E-state index in [1.165, 1.54) is 0 Å². The van der Waals surface area contributed by atoms with Crippen LogP contribution in [0.5, 0.6) is 5.75 Å². The summed E-state index contributed by atoms with van der Waals surface area (Å²) in [5, 5.41) is 19.0. The van der Waals surface area contributed by atoms with Crippen LogP contribution >= 0.6 is 0 Å². The van der Waals surface area contributed by atoms with Gasteiger partial charge in [-0.2, -0.15) is 0 Å². The molecule has 0 aromatic heterocycles. The second kappa shape index (κ2) is 3.50. The Bertz CT molecular complexity index is 338. The maximum atomic E-state index is 9.54. The van der Waals surface area contributed by atoms with Crippen molar-refractivity contribution in [1.82, 2.24) is 0 Å². The number of rotatable bonds is 1. The fourth-order valence-corrected chi connectivity index (χ4v) is 1.91. The van der Waals surface area contributed by atoms with Crippen molar-refractivity contribution in [3.05, 3.63) is 23.8 Å². The molecule has 14 heavy (non-hydrogen) atoms. The van der Waals surface area contributed by atoms with Crippen LogP contribution < -0.4 is 4.90 Å². The van der Waals surface area contributed by atoms with Crippen LogP contribution in [0.15, 0.2) is 18.2 Å². The summed E-state index contributed by atoms with van der Waals surface area (Å²) in [5.74, 6) is 0.323. The van der Waals surface area contributed by atoms with Crippen molar-refractivity contribution in [2.45, 2.75) is 19.4 Å². The summed E-state index contributed by atoms with van der Waals surface area (Å²) in [6, 6.07) is 5.50. The maximum Gasteiger partial charge on any atom is 0.120 e. The Kier molecular flexibility index (Phi) is 2.33. The highest BCUT2D eigenvalue weighted by molar-refractivity contribution is 5.58. The van der Waals surface area contributed by atoms with Gasteiger partial charge in [-0.25, -0.2) is 0 Å². The van der Waals surface area contributed by atoms with Crippen LogP contribution in [-0.4, -0.2) is 29.4 Å². The molecule has 1 unspecified atom stereocenters. The second-order valence-corrected chi connectivity index (χ2v) is 3.81. The molecule has 1 aromatic carbocycles. The summed E-state index contributed by atoms with van der Waals surface area (Å²) in [6.45, 7) is 3.44. The largest absolute Gasteiger partial charge is 0.508 e. The quantitative estimate of drug-likeness (QED) is 0.706. The van der Waals surface area contributed by atoms with Gasteiger partial charge < -0.3 is 15.1 Å². The third-order valence-corrected chi connectivity index (χ3v) is 2.78. The zero-order valence-corrected chi connectivity index (χ0v) is 8.27. The number of hydrogen-bond acceptors (Lipinski definition) is 3. The summed E-state index contributed by atoms with van der Waals surface area (Å²) in [5.41, 5.74) is 1.92. The van der Waals surface area contributed by atoms with Crippen molar-refractivity contribution >= 4 is 5.69 Å². The van der Waals surface area contributed by atoms with Gasteiger partial charge in [-0.05, 0) is 25.5 Å². The van der Waals surface area contributed by atoms with Gasteiger partial charge in [-0.3, -0.25) is 0 Å². The Hall–Kier alpha value is -1.22. The molecule has 0 bridgehead atoms. The Morgan fingerprint density at radius 2 is 2.21 bits per heavy atom. The molecular formula is C11H15NO2. The van der Waals surface area contributed by atoms with Gasteiger partial charge in [0.1, 0.15) is 5.75 Å². The molecule has 1 aromatic rings. The molecular weight excluding hydrogens is 178 g/mol. The lowest BCUT2D eigenvalue weighted by Gasteiger charge is -2.20. The lowest BCUT2D eigenvalue weighted by atomic mass is 10.1. The van der Waals surface area contributed by atoms with Gasteiger partial charge in [0.05, 0.1) is 6.10 Å². The van der Waals surface area contributed by atoms with Gasteiger partial charge in [0.15, 0.2) is 0 Å². The predicted molar refractivity (Wildman–Crippen MR) is 55.7 cm³/mol. The molecule has 1 atom stereocenters. The van der Waals surface area contributed by atoms with Crippen molar-refractivity contribution in [3.63, 3.8) is 0 Å². The SMILES string of the molecule is Cc1c(O)cccc1N1CCC(O)C1. The molecule has 3 heteroatoms. The molecule has 0 aliphatic carbocycles. The molecule has 2 N–H and O–H groups in total.